The summed E-state index contributed by atoms with van der Waals surface area (Å²) in [4.78, 5) is 41.1. The van der Waals surface area contributed by atoms with E-state index in [-0.39, 0.29) is 28.2 Å². The van der Waals surface area contributed by atoms with Crippen LogP contribution in [-0.2, 0) is 10.9 Å². The minimum atomic E-state index is -4.60. The molecule has 196 valence electrons. The number of carbonyl (C=O) groups excluding carboxylic acids is 2. The average molecular weight is 598 g/mol. The SMILES string of the molecule is C[C@@H]1CN(C(=O)c2cnc(-c3nccnc3[C@H](C)NC(=O)c3cc(Br)cc(C(F)(F)F)c3)s2)C[C@H](C)O1. The number of hydrogen-bond donors (Lipinski definition) is 1. The number of hydrogen-bond acceptors (Lipinski definition) is 7. The summed E-state index contributed by atoms with van der Waals surface area (Å²) in [5.74, 6) is -0.867. The molecule has 8 nitrogen and oxygen atoms in total. The first kappa shape index (κ1) is 27.1. The van der Waals surface area contributed by atoms with Crippen LogP contribution < -0.4 is 5.32 Å². The lowest BCUT2D eigenvalue weighted by Gasteiger charge is -2.35. The molecule has 13 heteroatoms. The quantitative estimate of drug-likeness (QED) is 0.438. The summed E-state index contributed by atoms with van der Waals surface area (Å²) in [6.45, 7) is 6.41. The van der Waals surface area contributed by atoms with Gasteiger partial charge in [-0.2, -0.15) is 13.2 Å². The number of amides is 2. The Balaban J connectivity index is 1.54. The molecule has 1 fully saturated rings. The molecule has 0 spiro atoms. The highest BCUT2D eigenvalue weighted by atomic mass is 79.9. The van der Waals surface area contributed by atoms with Crippen molar-refractivity contribution >= 4 is 39.1 Å². The number of ether oxygens (including phenoxy) is 1. The Morgan fingerprint density at radius 3 is 2.49 bits per heavy atom. The Morgan fingerprint density at radius 2 is 1.81 bits per heavy atom. The topological polar surface area (TPSA) is 97.3 Å². The Bertz CT molecular complexity index is 1310. The molecule has 0 radical (unpaired) electrons. The van der Waals surface area contributed by atoms with Crippen LogP contribution in [0.25, 0.3) is 10.7 Å². The van der Waals surface area contributed by atoms with Crippen LogP contribution >= 0.6 is 27.3 Å². The van der Waals surface area contributed by atoms with E-state index in [1.54, 1.807) is 11.8 Å². The zero-order chi connectivity index (χ0) is 26.9. The third-order valence-electron chi connectivity index (χ3n) is 5.60. The summed E-state index contributed by atoms with van der Waals surface area (Å²) in [5.41, 5.74) is -0.365. The maximum Gasteiger partial charge on any atom is 0.416 e. The van der Waals surface area contributed by atoms with Crippen molar-refractivity contribution in [1.82, 2.24) is 25.2 Å². The number of rotatable bonds is 5. The average Bonchev–Trinajstić information content (AvgIpc) is 3.32. The van der Waals surface area contributed by atoms with Crippen LogP contribution in [-0.4, -0.2) is 57.0 Å². The predicted molar refractivity (Wildman–Crippen MR) is 134 cm³/mol. The minimum Gasteiger partial charge on any atom is -0.372 e. The van der Waals surface area contributed by atoms with Gasteiger partial charge in [-0.1, -0.05) is 15.9 Å². The minimum absolute atomic E-state index is 0.0754. The zero-order valence-electron chi connectivity index (χ0n) is 20.0. The molecule has 4 rings (SSSR count). The van der Waals surface area contributed by atoms with E-state index in [0.29, 0.717) is 34.4 Å². The van der Waals surface area contributed by atoms with Gasteiger partial charge in [-0.15, -0.1) is 11.3 Å². The molecule has 1 aromatic carbocycles. The van der Waals surface area contributed by atoms with Crippen molar-refractivity contribution in [3.05, 3.63) is 63.0 Å². The van der Waals surface area contributed by atoms with E-state index in [4.69, 9.17) is 4.74 Å². The molecule has 0 aliphatic carbocycles. The second-order valence-corrected chi connectivity index (χ2v) is 10.7. The molecule has 37 heavy (non-hydrogen) atoms. The van der Waals surface area contributed by atoms with Gasteiger partial charge in [0.15, 0.2) is 0 Å². The van der Waals surface area contributed by atoms with Crippen LogP contribution in [0, 0.1) is 0 Å². The van der Waals surface area contributed by atoms with E-state index in [1.165, 1.54) is 24.7 Å². The first-order valence-electron chi connectivity index (χ1n) is 11.3. The summed E-state index contributed by atoms with van der Waals surface area (Å²) >= 11 is 4.18. The number of benzene rings is 1. The third kappa shape index (κ3) is 6.33. The molecule has 3 aromatic rings. The van der Waals surface area contributed by atoms with Gasteiger partial charge in [-0.05, 0) is 39.0 Å². The van der Waals surface area contributed by atoms with E-state index in [2.05, 4.69) is 36.2 Å². The van der Waals surface area contributed by atoms with Crippen molar-refractivity contribution in [3.63, 3.8) is 0 Å². The van der Waals surface area contributed by atoms with E-state index in [0.717, 1.165) is 23.5 Å². The Kier molecular flexibility index (Phi) is 7.95. The van der Waals surface area contributed by atoms with E-state index >= 15 is 0 Å². The lowest BCUT2D eigenvalue weighted by Crippen LogP contribution is -2.48. The number of halogens is 4. The number of thiazole rings is 1. The zero-order valence-corrected chi connectivity index (χ0v) is 22.4. The van der Waals surface area contributed by atoms with Gasteiger partial charge in [-0.3, -0.25) is 19.6 Å². The molecule has 2 aromatic heterocycles. The molecule has 0 bridgehead atoms. The van der Waals surface area contributed by atoms with Gasteiger partial charge in [0.1, 0.15) is 15.6 Å². The number of aromatic nitrogens is 3. The van der Waals surface area contributed by atoms with Crippen molar-refractivity contribution in [3.8, 4) is 10.7 Å². The fraction of sp³-hybridized carbons (Fsp3) is 0.375. The molecular weight excluding hydrogens is 575 g/mol. The molecular formula is C24H23BrF3N5O3S. The van der Waals surface area contributed by atoms with E-state index in [1.807, 2.05) is 13.8 Å². The summed E-state index contributed by atoms with van der Waals surface area (Å²) in [7, 11) is 0. The van der Waals surface area contributed by atoms with Crippen LogP contribution in [0.1, 0.15) is 58.1 Å². The smallest absolute Gasteiger partial charge is 0.372 e. The van der Waals surface area contributed by atoms with Gasteiger partial charge in [0.05, 0.1) is 35.7 Å². The monoisotopic (exact) mass is 597 g/mol. The molecule has 1 N–H and O–H groups in total. The van der Waals surface area contributed by atoms with Gasteiger partial charge in [0, 0.05) is 35.5 Å². The maximum atomic E-state index is 13.2. The van der Waals surface area contributed by atoms with Gasteiger partial charge >= 0.3 is 6.18 Å². The van der Waals surface area contributed by atoms with Gasteiger partial charge < -0.3 is 15.0 Å². The Labute approximate surface area is 223 Å². The van der Waals surface area contributed by atoms with Crippen molar-refractivity contribution < 1.29 is 27.5 Å². The van der Waals surface area contributed by atoms with Crippen LogP contribution in [0.15, 0.2) is 41.3 Å². The van der Waals surface area contributed by atoms with E-state index in [9.17, 15) is 22.8 Å². The molecule has 1 aliphatic heterocycles. The Morgan fingerprint density at radius 1 is 1.14 bits per heavy atom. The highest BCUT2D eigenvalue weighted by molar-refractivity contribution is 9.10. The standard InChI is InChI=1S/C24H23BrF3N5O3S/c1-12-10-33(11-13(2)36-12)23(35)18-9-31-22(37-18)20-19(29-4-5-30-20)14(3)32-21(34)15-6-16(24(26,27)28)8-17(25)7-15/h4-9,12-14H,10-11H2,1-3H3,(H,32,34)/t12-,13+,14-/m0/s1. The predicted octanol–water partition coefficient (Wildman–Crippen LogP) is 5.12. The van der Waals surface area contributed by atoms with Crippen LogP contribution in [0.2, 0.25) is 0 Å². The normalized spacial score (nSPS) is 18.9. The fourth-order valence-electron chi connectivity index (χ4n) is 4.05. The molecule has 3 atom stereocenters. The van der Waals surface area contributed by atoms with Crippen molar-refractivity contribution in [2.45, 2.75) is 45.2 Å². The highest BCUT2D eigenvalue weighted by Gasteiger charge is 2.32. The largest absolute Gasteiger partial charge is 0.416 e. The molecule has 0 saturated carbocycles. The molecule has 1 aliphatic rings. The lowest BCUT2D eigenvalue weighted by molar-refractivity contribution is -0.137. The third-order valence-corrected chi connectivity index (χ3v) is 7.05. The summed E-state index contributed by atoms with van der Waals surface area (Å²) in [6.07, 6.45) is -0.360. The number of alkyl halides is 3. The van der Waals surface area contributed by atoms with Crippen molar-refractivity contribution in [1.29, 1.82) is 0 Å². The first-order valence-corrected chi connectivity index (χ1v) is 12.9. The van der Waals surface area contributed by atoms with Crippen LogP contribution in [0.5, 0.6) is 0 Å². The van der Waals surface area contributed by atoms with E-state index < -0.39 is 23.7 Å². The van der Waals surface area contributed by atoms with Crippen molar-refractivity contribution in [2.24, 2.45) is 0 Å². The number of nitrogens with one attached hydrogen (secondary N) is 1. The summed E-state index contributed by atoms with van der Waals surface area (Å²) < 4.78 is 45.4. The van der Waals surface area contributed by atoms with Crippen LogP contribution in [0.3, 0.4) is 0 Å². The van der Waals surface area contributed by atoms with Crippen molar-refractivity contribution in [2.75, 3.05) is 13.1 Å². The molecule has 1 saturated heterocycles. The number of carbonyl (C=O) groups is 2. The summed E-state index contributed by atoms with van der Waals surface area (Å²) in [6, 6.07) is 2.28. The number of nitrogens with zero attached hydrogens (tertiary/aromatic N) is 4. The second-order valence-electron chi connectivity index (χ2n) is 8.71. The molecule has 2 amide bonds. The fourth-order valence-corrected chi connectivity index (χ4v) is 5.43. The molecule has 3 heterocycles. The van der Waals surface area contributed by atoms with Gasteiger partial charge in [0.25, 0.3) is 11.8 Å². The second kappa shape index (κ2) is 10.8. The highest BCUT2D eigenvalue weighted by Crippen LogP contribution is 2.33. The first-order chi connectivity index (χ1) is 17.4. The Hall–Kier alpha value is -2.90. The number of morpholine rings is 1. The summed E-state index contributed by atoms with van der Waals surface area (Å²) in [5, 5.41) is 3.11. The molecule has 0 unspecified atom stereocenters. The lowest BCUT2D eigenvalue weighted by atomic mass is 10.1. The maximum absolute atomic E-state index is 13.2. The van der Waals surface area contributed by atoms with Gasteiger partial charge in [0.2, 0.25) is 0 Å². The van der Waals surface area contributed by atoms with Crippen LogP contribution in [0.4, 0.5) is 13.2 Å². The van der Waals surface area contributed by atoms with Gasteiger partial charge in [-0.25, -0.2) is 4.98 Å².